The van der Waals surface area contributed by atoms with E-state index in [0.29, 0.717) is 5.69 Å². The summed E-state index contributed by atoms with van der Waals surface area (Å²) >= 11 is 3.35. The van der Waals surface area contributed by atoms with Crippen molar-refractivity contribution in [3.63, 3.8) is 0 Å². The van der Waals surface area contributed by atoms with Gasteiger partial charge in [0.2, 0.25) is 5.91 Å². The molecule has 1 heterocycles. The van der Waals surface area contributed by atoms with Crippen LogP contribution < -0.4 is 10.9 Å². The predicted molar refractivity (Wildman–Crippen MR) is 91.3 cm³/mol. The lowest BCUT2D eigenvalue weighted by molar-refractivity contribution is -0.143. The second kappa shape index (κ2) is 8.39. The van der Waals surface area contributed by atoms with Crippen molar-refractivity contribution in [3.8, 4) is 11.3 Å². The SMILES string of the molecule is CCOC(=O)CNC(=O)Cn1nc(-c2ccc(Br)cc2)ccc1=O. The van der Waals surface area contributed by atoms with Gasteiger partial charge in [-0.25, -0.2) is 4.68 Å². The molecule has 0 saturated heterocycles. The number of amides is 1. The highest BCUT2D eigenvalue weighted by Crippen LogP contribution is 2.18. The number of hydrogen-bond donors (Lipinski definition) is 1. The Morgan fingerprint density at radius 1 is 1.21 bits per heavy atom. The lowest BCUT2D eigenvalue weighted by Gasteiger charge is -2.08. The topological polar surface area (TPSA) is 90.3 Å². The van der Waals surface area contributed by atoms with Crippen molar-refractivity contribution in [3.05, 3.63) is 51.2 Å². The van der Waals surface area contributed by atoms with Crippen molar-refractivity contribution in [2.45, 2.75) is 13.5 Å². The second-order valence-corrected chi connectivity index (χ2v) is 5.72. The Balaban J connectivity index is 2.08. The molecule has 0 aliphatic heterocycles. The Bertz CT molecular complexity index is 787. The molecule has 1 amide bonds. The van der Waals surface area contributed by atoms with E-state index in [2.05, 4.69) is 26.3 Å². The summed E-state index contributed by atoms with van der Waals surface area (Å²) in [6.45, 7) is 1.40. The summed E-state index contributed by atoms with van der Waals surface area (Å²) in [5, 5.41) is 6.58. The summed E-state index contributed by atoms with van der Waals surface area (Å²) in [5.74, 6) is -1.03. The van der Waals surface area contributed by atoms with Crippen LogP contribution in [0.4, 0.5) is 0 Å². The number of benzene rings is 1. The average molecular weight is 394 g/mol. The Morgan fingerprint density at radius 2 is 1.92 bits per heavy atom. The summed E-state index contributed by atoms with van der Waals surface area (Å²) in [4.78, 5) is 34.9. The van der Waals surface area contributed by atoms with E-state index in [1.807, 2.05) is 24.3 Å². The fraction of sp³-hybridized carbons (Fsp3) is 0.250. The van der Waals surface area contributed by atoms with Crippen molar-refractivity contribution < 1.29 is 14.3 Å². The van der Waals surface area contributed by atoms with Crippen LogP contribution in [0.2, 0.25) is 0 Å². The van der Waals surface area contributed by atoms with Crippen LogP contribution in [-0.4, -0.2) is 34.8 Å². The summed E-state index contributed by atoms with van der Waals surface area (Å²) in [6.07, 6.45) is 0. The van der Waals surface area contributed by atoms with E-state index in [1.165, 1.54) is 6.07 Å². The van der Waals surface area contributed by atoms with Gasteiger partial charge in [-0.15, -0.1) is 0 Å². The highest BCUT2D eigenvalue weighted by atomic mass is 79.9. The molecule has 0 fully saturated rings. The standard InChI is InChI=1S/C16H16BrN3O4/c1-2-24-16(23)9-18-14(21)10-20-15(22)8-7-13(19-20)11-3-5-12(17)6-4-11/h3-8H,2,9-10H2,1H3,(H,18,21). The molecule has 24 heavy (non-hydrogen) atoms. The van der Waals surface area contributed by atoms with Crippen LogP contribution in [0.3, 0.4) is 0 Å². The van der Waals surface area contributed by atoms with Crippen molar-refractivity contribution in [2.24, 2.45) is 0 Å². The Labute approximate surface area is 146 Å². The zero-order valence-electron chi connectivity index (χ0n) is 13.0. The predicted octanol–water partition coefficient (Wildman–Crippen LogP) is 1.35. The molecule has 1 N–H and O–H groups in total. The minimum absolute atomic E-state index is 0.241. The van der Waals surface area contributed by atoms with E-state index >= 15 is 0 Å². The van der Waals surface area contributed by atoms with Gasteiger partial charge in [-0.1, -0.05) is 28.1 Å². The van der Waals surface area contributed by atoms with E-state index in [-0.39, 0.29) is 19.7 Å². The van der Waals surface area contributed by atoms with Crippen LogP contribution in [0.15, 0.2) is 45.7 Å². The van der Waals surface area contributed by atoms with Gasteiger partial charge in [-0.2, -0.15) is 5.10 Å². The van der Waals surface area contributed by atoms with Crippen molar-refractivity contribution in [1.29, 1.82) is 0 Å². The van der Waals surface area contributed by atoms with Gasteiger partial charge in [0.05, 0.1) is 12.3 Å². The molecule has 8 heteroatoms. The molecule has 126 valence electrons. The molecule has 1 aromatic carbocycles. The molecular formula is C16H16BrN3O4. The normalized spacial score (nSPS) is 10.2. The van der Waals surface area contributed by atoms with Crippen molar-refractivity contribution in [2.75, 3.05) is 13.2 Å². The van der Waals surface area contributed by atoms with E-state index in [4.69, 9.17) is 4.74 Å². The third kappa shape index (κ3) is 5.02. The molecule has 0 unspecified atom stereocenters. The van der Waals surface area contributed by atoms with Crippen LogP contribution in [-0.2, 0) is 20.9 Å². The van der Waals surface area contributed by atoms with Crippen LogP contribution in [0.1, 0.15) is 6.92 Å². The third-order valence-electron chi connectivity index (χ3n) is 3.04. The van der Waals surface area contributed by atoms with Gasteiger partial charge in [0.1, 0.15) is 13.1 Å². The zero-order valence-corrected chi connectivity index (χ0v) is 14.6. The lowest BCUT2D eigenvalue weighted by atomic mass is 10.1. The van der Waals surface area contributed by atoms with Crippen molar-refractivity contribution >= 4 is 27.8 Å². The van der Waals surface area contributed by atoms with Gasteiger partial charge < -0.3 is 10.1 Å². The van der Waals surface area contributed by atoms with Crippen molar-refractivity contribution in [1.82, 2.24) is 15.1 Å². The molecule has 2 rings (SSSR count). The maximum Gasteiger partial charge on any atom is 0.325 e. The summed E-state index contributed by atoms with van der Waals surface area (Å²) in [5.41, 5.74) is 0.987. The highest BCUT2D eigenvalue weighted by molar-refractivity contribution is 9.10. The number of rotatable bonds is 6. The molecule has 7 nitrogen and oxygen atoms in total. The zero-order chi connectivity index (χ0) is 17.5. The molecule has 0 aliphatic rings. The second-order valence-electron chi connectivity index (χ2n) is 4.80. The number of nitrogens with zero attached hydrogens (tertiary/aromatic N) is 2. The van der Waals surface area contributed by atoms with Gasteiger partial charge in [-0.3, -0.25) is 14.4 Å². The smallest absolute Gasteiger partial charge is 0.325 e. The number of carbonyl (C=O) groups excluding carboxylic acids is 2. The first-order chi connectivity index (χ1) is 11.5. The van der Waals surface area contributed by atoms with Crippen LogP contribution >= 0.6 is 15.9 Å². The van der Waals surface area contributed by atoms with E-state index < -0.39 is 17.4 Å². The number of halogens is 1. The first-order valence-corrected chi connectivity index (χ1v) is 8.05. The Morgan fingerprint density at radius 3 is 2.58 bits per heavy atom. The molecule has 1 aromatic heterocycles. The molecule has 0 aliphatic carbocycles. The summed E-state index contributed by atoms with van der Waals surface area (Å²) in [7, 11) is 0. The molecule has 0 radical (unpaired) electrons. The molecular weight excluding hydrogens is 378 g/mol. The summed E-state index contributed by atoms with van der Waals surface area (Å²) < 4.78 is 6.69. The molecule has 0 saturated carbocycles. The average Bonchev–Trinajstić information content (AvgIpc) is 2.56. The van der Waals surface area contributed by atoms with Gasteiger partial charge >= 0.3 is 5.97 Å². The van der Waals surface area contributed by atoms with Gasteiger partial charge in [-0.05, 0) is 25.1 Å². The number of carbonyl (C=O) groups is 2. The van der Waals surface area contributed by atoms with E-state index in [0.717, 1.165) is 14.7 Å². The maximum atomic E-state index is 11.9. The van der Waals surface area contributed by atoms with Gasteiger partial charge in [0.25, 0.3) is 5.56 Å². The number of ether oxygens (including phenoxy) is 1. The van der Waals surface area contributed by atoms with Gasteiger partial charge in [0, 0.05) is 16.1 Å². The monoisotopic (exact) mass is 393 g/mol. The number of esters is 1. The maximum absolute atomic E-state index is 11.9. The highest BCUT2D eigenvalue weighted by Gasteiger charge is 2.10. The number of aromatic nitrogens is 2. The van der Waals surface area contributed by atoms with E-state index in [9.17, 15) is 14.4 Å². The van der Waals surface area contributed by atoms with Crippen LogP contribution in [0, 0.1) is 0 Å². The Kier molecular flexibility index (Phi) is 6.25. The Hall–Kier alpha value is -2.48. The fourth-order valence-electron chi connectivity index (χ4n) is 1.91. The third-order valence-corrected chi connectivity index (χ3v) is 3.56. The van der Waals surface area contributed by atoms with E-state index in [1.54, 1.807) is 13.0 Å². The number of hydrogen-bond acceptors (Lipinski definition) is 5. The largest absolute Gasteiger partial charge is 0.465 e. The van der Waals surface area contributed by atoms with Gasteiger partial charge in [0.15, 0.2) is 0 Å². The lowest BCUT2D eigenvalue weighted by Crippen LogP contribution is -2.36. The molecule has 0 atom stereocenters. The molecule has 2 aromatic rings. The van der Waals surface area contributed by atoms with Crippen LogP contribution in [0.25, 0.3) is 11.3 Å². The first kappa shape index (κ1) is 17.9. The summed E-state index contributed by atoms with van der Waals surface area (Å²) in [6, 6.07) is 10.4. The minimum atomic E-state index is -0.533. The first-order valence-electron chi connectivity index (χ1n) is 7.26. The van der Waals surface area contributed by atoms with Crippen LogP contribution in [0.5, 0.6) is 0 Å². The quantitative estimate of drug-likeness (QED) is 0.748. The molecule has 0 spiro atoms. The number of nitrogens with one attached hydrogen (secondary N) is 1. The molecule has 0 bridgehead atoms. The fourth-order valence-corrected chi connectivity index (χ4v) is 2.18. The minimum Gasteiger partial charge on any atom is -0.465 e.